The van der Waals surface area contributed by atoms with Crippen LogP contribution in [0.15, 0.2) is 30.5 Å². The zero-order valence-electron chi connectivity index (χ0n) is 13.3. The minimum absolute atomic E-state index is 0. The molecule has 25 heavy (non-hydrogen) atoms. The number of carbonyl (C=O) groups is 2. The summed E-state index contributed by atoms with van der Waals surface area (Å²) in [6.07, 6.45) is 1.43. The molecule has 1 unspecified atom stereocenters. The number of nitrogens with zero attached hydrogens (tertiary/aromatic N) is 4. The number of rotatable bonds is 4. The van der Waals surface area contributed by atoms with E-state index in [9.17, 15) is 9.59 Å². The Labute approximate surface area is 155 Å². The third-order valence-corrected chi connectivity index (χ3v) is 4.19. The second-order valence-corrected chi connectivity index (χ2v) is 5.91. The summed E-state index contributed by atoms with van der Waals surface area (Å²) in [6.45, 7) is 1.69. The van der Waals surface area contributed by atoms with E-state index in [0.29, 0.717) is 24.7 Å². The molecule has 2 aromatic rings. The van der Waals surface area contributed by atoms with E-state index in [-0.39, 0.29) is 36.6 Å². The van der Waals surface area contributed by atoms with Crippen molar-refractivity contribution in [2.24, 2.45) is 5.73 Å². The van der Waals surface area contributed by atoms with Crippen molar-refractivity contribution in [1.29, 1.82) is 0 Å². The first kappa shape index (κ1) is 19.2. The van der Waals surface area contributed by atoms with E-state index in [4.69, 9.17) is 17.3 Å². The van der Waals surface area contributed by atoms with Crippen LogP contribution in [0, 0.1) is 0 Å². The highest BCUT2D eigenvalue weighted by atomic mass is 35.5. The van der Waals surface area contributed by atoms with Gasteiger partial charge in [0.2, 0.25) is 5.91 Å². The third kappa shape index (κ3) is 4.28. The number of primary amides is 1. The standard InChI is InChI=1S/C15H17ClN6O2.ClH/c16-11-4-2-1-3-10(11)13-7-18-5-6-22(13)15(24)12-8-21(20-19-12)9-14(17)23;/h1-4,8,13,18H,5-7,9H2,(H2,17,23);1H. The molecule has 1 aliphatic heterocycles. The van der Waals surface area contributed by atoms with Gasteiger partial charge < -0.3 is 16.0 Å². The third-order valence-electron chi connectivity index (χ3n) is 3.84. The molecule has 1 aliphatic rings. The number of hydrogen-bond donors (Lipinski definition) is 2. The van der Waals surface area contributed by atoms with Crippen molar-refractivity contribution < 1.29 is 9.59 Å². The highest BCUT2D eigenvalue weighted by Crippen LogP contribution is 2.29. The van der Waals surface area contributed by atoms with Crippen molar-refractivity contribution in [3.8, 4) is 0 Å². The van der Waals surface area contributed by atoms with Gasteiger partial charge in [0.15, 0.2) is 5.69 Å². The van der Waals surface area contributed by atoms with Gasteiger partial charge in [0, 0.05) is 24.7 Å². The van der Waals surface area contributed by atoms with Crippen molar-refractivity contribution in [3.05, 3.63) is 46.7 Å². The number of hydrogen-bond acceptors (Lipinski definition) is 5. The molecule has 8 nitrogen and oxygen atoms in total. The molecule has 1 aromatic carbocycles. The molecule has 1 atom stereocenters. The maximum Gasteiger partial charge on any atom is 0.276 e. The Bertz CT molecular complexity index is 766. The van der Waals surface area contributed by atoms with Crippen molar-refractivity contribution >= 4 is 35.8 Å². The predicted molar refractivity (Wildman–Crippen MR) is 94.6 cm³/mol. The Kier molecular flexibility index (Phi) is 6.35. The second-order valence-electron chi connectivity index (χ2n) is 5.51. The summed E-state index contributed by atoms with van der Waals surface area (Å²) in [5.74, 6) is -0.799. The average molecular weight is 385 g/mol. The number of benzene rings is 1. The fourth-order valence-corrected chi connectivity index (χ4v) is 3.01. The lowest BCUT2D eigenvalue weighted by molar-refractivity contribution is -0.118. The van der Waals surface area contributed by atoms with Crippen LogP contribution in [-0.2, 0) is 11.3 Å². The van der Waals surface area contributed by atoms with Crippen LogP contribution in [0.25, 0.3) is 0 Å². The van der Waals surface area contributed by atoms with E-state index in [1.807, 2.05) is 18.2 Å². The maximum atomic E-state index is 12.8. The van der Waals surface area contributed by atoms with Crippen LogP contribution >= 0.6 is 24.0 Å². The highest BCUT2D eigenvalue weighted by Gasteiger charge is 2.31. The number of piperazine rings is 1. The molecule has 0 radical (unpaired) electrons. The Morgan fingerprint density at radius 1 is 1.36 bits per heavy atom. The van der Waals surface area contributed by atoms with E-state index in [2.05, 4.69) is 15.6 Å². The molecule has 1 saturated heterocycles. The van der Waals surface area contributed by atoms with E-state index < -0.39 is 5.91 Å². The first-order valence-corrected chi connectivity index (χ1v) is 7.88. The van der Waals surface area contributed by atoms with Gasteiger partial charge in [-0.1, -0.05) is 35.0 Å². The minimum Gasteiger partial charge on any atom is -0.368 e. The Hall–Kier alpha value is -2.16. The summed E-state index contributed by atoms with van der Waals surface area (Å²) in [6, 6.07) is 7.26. The van der Waals surface area contributed by atoms with Crippen LogP contribution in [0.1, 0.15) is 22.1 Å². The highest BCUT2D eigenvalue weighted by molar-refractivity contribution is 6.31. The molecule has 0 saturated carbocycles. The molecule has 3 N–H and O–H groups in total. The molecule has 1 aromatic heterocycles. The van der Waals surface area contributed by atoms with Gasteiger partial charge in [-0.25, -0.2) is 4.68 Å². The number of nitrogens with two attached hydrogens (primary N) is 1. The van der Waals surface area contributed by atoms with Crippen LogP contribution in [0.5, 0.6) is 0 Å². The number of aromatic nitrogens is 3. The summed E-state index contributed by atoms with van der Waals surface area (Å²) < 4.78 is 1.25. The van der Waals surface area contributed by atoms with Crippen molar-refractivity contribution in [1.82, 2.24) is 25.2 Å². The molecule has 2 amide bonds. The topological polar surface area (TPSA) is 106 Å². The van der Waals surface area contributed by atoms with E-state index in [1.165, 1.54) is 10.9 Å². The molecule has 0 aliphatic carbocycles. The molecule has 3 rings (SSSR count). The van der Waals surface area contributed by atoms with E-state index in [0.717, 1.165) is 5.56 Å². The number of halogens is 2. The monoisotopic (exact) mass is 384 g/mol. The molecule has 0 bridgehead atoms. The lowest BCUT2D eigenvalue weighted by atomic mass is 10.0. The van der Waals surface area contributed by atoms with Crippen LogP contribution in [0.3, 0.4) is 0 Å². The Morgan fingerprint density at radius 3 is 2.84 bits per heavy atom. The molecule has 2 heterocycles. The van der Waals surface area contributed by atoms with Crippen LogP contribution in [-0.4, -0.2) is 51.3 Å². The molecule has 134 valence electrons. The average Bonchev–Trinajstić information content (AvgIpc) is 3.02. The van der Waals surface area contributed by atoms with Gasteiger partial charge in [-0.2, -0.15) is 0 Å². The van der Waals surface area contributed by atoms with Crippen molar-refractivity contribution in [2.75, 3.05) is 19.6 Å². The normalized spacial score (nSPS) is 17.0. The van der Waals surface area contributed by atoms with Crippen molar-refractivity contribution in [2.45, 2.75) is 12.6 Å². The zero-order chi connectivity index (χ0) is 17.1. The van der Waals surface area contributed by atoms with Gasteiger partial charge in [-0.05, 0) is 11.6 Å². The SMILES string of the molecule is Cl.NC(=O)Cn1cc(C(=O)N2CCNCC2c2ccccc2Cl)nn1. The fourth-order valence-electron chi connectivity index (χ4n) is 2.75. The smallest absolute Gasteiger partial charge is 0.276 e. The van der Waals surface area contributed by atoms with Crippen LogP contribution in [0.2, 0.25) is 5.02 Å². The Balaban J connectivity index is 0.00000225. The number of amides is 2. The summed E-state index contributed by atoms with van der Waals surface area (Å²) in [7, 11) is 0. The lowest BCUT2D eigenvalue weighted by Gasteiger charge is -2.36. The maximum absolute atomic E-state index is 12.8. The first-order valence-electron chi connectivity index (χ1n) is 7.51. The van der Waals surface area contributed by atoms with Crippen LogP contribution < -0.4 is 11.1 Å². The predicted octanol–water partition coefficient (Wildman–Crippen LogP) is 0.625. The Morgan fingerprint density at radius 2 is 2.12 bits per heavy atom. The summed E-state index contributed by atoms with van der Waals surface area (Å²) in [5.41, 5.74) is 6.18. The summed E-state index contributed by atoms with van der Waals surface area (Å²) in [4.78, 5) is 25.5. The lowest BCUT2D eigenvalue weighted by Crippen LogP contribution is -2.48. The molecular formula is C15H18Cl2N6O2. The zero-order valence-corrected chi connectivity index (χ0v) is 14.8. The minimum atomic E-state index is -0.546. The van der Waals surface area contributed by atoms with Gasteiger partial charge in [-0.15, -0.1) is 17.5 Å². The van der Waals surface area contributed by atoms with Gasteiger partial charge in [0.1, 0.15) is 6.54 Å². The fraction of sp³-hybridized carbons (Fsp3) is 0.333. The number of nitrogens with one attached hydrogen (secondary N) is 1. The first-order chi connectivity index (χ1) is 11.6. The van der Waals surface area contributed by atoms with E-state index in [1.54, 1.807) is 11.0 Å². The van der Waals surface area contributed by atoms with Gasteiger partial charge in [-0.3, -0.25) is 9.59 Å². The van der Waals surface area contributed by atoms with Crippen molar-refractivity contribution in [3.63, 3.8) is 0 Å². The largest absolute Gasteiger partial charge is 0.368 e. The molecule has 1 fully saturated rings. The molecule has 10 heteroatoms. The summed E-state index contributed by atoms with van der Waals surface area (Å²) >= 11 is 6.29. The van der Waals surface area contributed by atoms with Gasteiger partial charge >= 0.3 is 0 Å². The summed E-state index contributed by atoms with van der Waals surface area (Å²) in [5, 5.41) is 11.5. The van der Waals surface area contributed by atoms with Gasteiger partial charge in [0.25, 0.3) is 5.91 Å². The van der Waals surface area contributed by atoms with Crippen LogP contribution in [0.4, 0.5) is 0 Å². The van der Waals surface area contributed by atoms with E-state index >= 15 is 0 Å². The quantitative estimate of drug-likeness (QED) is 0.803. The molecule has 0 spiro atoms. The number of carbonyl (C=O) groups excluding carboxylic acids is 2. The van der Waals surface area contributed by atoms with Gasteiger partial charge in [0.05, 0.1) is 12.2 Å². The molecular weight excluding hydrogens is 367 g/mol. The second kappa shape index (κ2) is 8.28.